The molecule has 0 unspecified atom stereocenters. The summed E-state index contributed by atoms with van der Waals surface area (Å²) in [5.74, 6) is 0. The smallest absolute Gasteiger partial charge is 0.0400 e. The van der Waals surface area contributed by atoms with Crippen LogP contribution in [0.4, 0.5) is 5.69 Å². The molecule has 0 atom stereocenters. The van der Waals surface area contributed by atoms with E-state index in [1.165, 1.54) is 16.8 Å². The molecule has 2 aromatic carbocycles. The van der Waals surface area contributed by atoms with E-state index in [0.717, 1.165) is 6.54 Å². The normalized spacial score (nSPS) is 9.31. The molecule has 2 heteroatoms. The summed E-state index contributed by atoms with van der Waals surface area (Å²) in [5.41, 5.74) is 3.80. The molecule has 2 rings (SSSR count). The van der Waals surface area contributed by atoms with Gasteiger partial charge < -0.3 is 5.32 Å². The fourth-order valence-electron chi connectivity index (χ4n) is 1.56. The summed E-state index contributed by atoms with van der Waals surface area (Å²) >= 11 is 0. The first-order chi connectivity index (χ1) is 7.36. The van der Waals surface area contributed by atoms with Gasteiger partial charge in [-0.15, -0.1) is 12.4 Å². The average molecular weight is 234 g/mol. The molecule has 16 heavy (non-hydrogen) atoms. The quantitative estimate of drug-likeness (QED) is 0.844. The van der Waals surface area contributed by atoms with Crippen molar-refractivity contribution in [3.63, 3.8) is 0 Å². The van der Waals surface area contributed by atoms with E-state index in [1.54, 1.807) is 0 Å². The highest BCUT2D eigenvalue weighted by Gasteiger charge is 1.95. The molecule has 0 amide bonds. The fraction of sp³-hybridized carbons (Fsp3) is 0.143. The molecule has 0 bridgehead atoms. The first-order valence-corrected chi connectivity index (χ1v) is 5.20. The van der Waals surface area contributed by atoms with Crippen molar-refractivity contribution in [2.75, 3.05) is 5.32 Å². The lowest BCUT2D eigenvalue weighted by atomic mass is 10.2. The summed E-state index contributed by atoms with van der Waals surface area (Å²) in [6, 6.07) is 18.8. The number of rotatable bonds is 3. The molecule has 0 saturated carbocycles. The third-order valence-electron chi connectivity index (χ3n) is 2.47. The van der Waals surface area contributed by atoms with Crippen LogP contribution in [0.5, 0.6) is 0 Å². The molecule has 2 aromatic rings. The van der Waals surface area contributed by atoms with E-state index in [2.05, 4.69) is 60.8 Å². The number of aryl methyl sites for hydroxylation is 1. The molecule has 0 heterocycles. The number of benzene rings is 2. The van der Waals surface area contributed by atoms with E-state index >= 15 is 0 Å². The zero-order valence-electron chi connectivity index (χ0n) is 9.31. The highest BCUT2D eigenvalue weighted by atomic mass is 35.5. The van der Waals surface area contributed by atoms with Crippen LogP contribution in [0.3, 0.4) is 0 Å². The van der Waals surface area contributed by atoms with Crippen molar-refractivity contribution in [2.24, 2.45) is 0 Å². The minimum atomic E-state index is 0. The van der Waals surface area contributed by atoms with Gasteiger partial charge in [0.2, 0.25) is 0 Å². The van der Waals surface area contributed by atoms with Gasteiger partial charge in [-0.05, 0) is 24.1 Å². The third kappa shape index (κ3) is 3.28. The molecule has 0 spiro atoms. The predicted molar refractivity (Wildman–Crippen MR) is 72.2 cm³/mol. The zero-order valence-corrected chi connectivity index (χ0v) is 10.1. The van der Waals surface area contributed by atoms with Gasteiger partial charge in [-0.3, -0.25) is 0 Å². The Labute approximate surface area is 103 Å². The zero-order chi connectivity index (χ0) is 10.5. The maximum atomic E-state index is 3.43. The van der Waals surface area contributed by atoms with E-state index in [1.807, 2.05) is 6.07 Å². The van der Waals surface area contributed by atoms with E-state index in [0.29, 0.717) is 0 Å². The Balaban J connectivity index is 0.00000128. The second-order valence-corrected chi connectivity index (χ2v) is 3.65. The summed E-state index contributed by atoms with van der Waals surface area (Å²) in [7, 11) is 0. The summed E-state index contributed by atoms with van der Waals surface area (Å²) < 4.78 is 0. The Morgan fingerprint density at radius 3 is 2.19 bits per heavy atom. The standard InChI is InChI=1S/C14H15N.ClH/c1-12-7-5-6-10-14(12)15-11-13-8-3-2-4-9-13;/h2-10,15H,11H2,1H3;1H. The average Bonchev–Trinajstić information content (AvgIpc) is 2.29. The van der Waals surface area contributed by atoms with Gasteiger partial charge in [0.05, 0.1) is 0 Å². The molecule has 1 N–H and O–H groups in total. The van der Waals surface area contributed by atoms with Crippen LogP contribution in [0.25, 0.3) is 0 Å². The topological polar surface area (TPSA) is 12.0 Å². The summed E-state index contributed by atoms with van der Waals surface area (Å²) in [6.45, 7) is 3.00. The lowest BCUT2D eigenvalue weighted by molar-refractivity contribution is 1.14. The summed E-state index contributed by atoms with van der Waals surface area (Å²) in [4.78, 5) is 0. The summed E-state index contributed by atoms with van der Waals surface area (Å²) in [6.07, 6.45) is 0. The Morgan fingerprint density at radius 2 is 1.50 bits per heavy atom. The fourth-order valence-corrected chi connectivity index (χ4v) is 1.56. The van der Waals surface area contributed by atoms with E-state index in [4.69, 9.17) is 0 Å². The van der Waals surface area contributed by atoms with Crippen LogP contribution in [-0.4, -0.2) is 0 Å². The SMILES string of the molecule is Cc1ccccc1NCc1ccccc1.Cl. The molecule has 0 fully saturated rings. The second-order valence-electron chi connectivity index (χ2n) is 3.65. The van der Waals surface area contributed by atoms with Crippen molar-refractivity contribution < 1.29 is 0 Å². The molecule has 0 aromatic heterocycles. The molecular weight excluding hydrogens is 218 g/mol. The molecule has 0 saturated heterocycles. The third-order valence-corrected chi connectivity index (χ3v) is 2.47. The van der Waals surface area contributed by atoms with Gasteiger partial charge >= 0.3 is 0 Å². The van der Waals surface area contributed by atoms with Gasteiger partial charge in [-0.25, -0.2) is 0 Å². The van der Waals surface area contributed by atoms with Crippen molar-refractivity contribution in [3.05, 3.63) is 65.7 Å². The van der Waals surface area contributed by atoms with Crippen LogP contribution in [0.1, 0.15) is 11.1 Å². The van der Waals surface area contributed by atoms with Crippen molar-refractivity contribution in [3.8, 4) is 0 Å². The van der Waals surface area contributed by atoms with Gasteiger partial charge in [0.25, 0.3) is 0 Å². The number of halogens is 1. The van der Waals surface area contributed by atoms with Crippen LogP contribution in [-0.2, 0) is 6.54 Å². The molecule has 0 aliphatic rings. The number of hydrogen-bond acceptors (Lipinski definition) is 1. The first-order valence-electron chi connectivity index (χ1n) is 5.20. The summed E-state index contributed by atoms with van der Waals surface area (Å²) in [5, 5.41) is 3.43. The van der Waals surface area contributed by atoms with Crippen LogP contribution < -0.4 is 5.32 Å². The highest BCUT2D eigenvalue weighted by molar-refractivity contribution is 5.85. The van der Waals surface area contributed by atoms with Crippen molar-refractivity contribution in [1.82, 2.24) is 0 Å². The van der Waals surface area contributed by atoms with Crippen molar-refractivity contribution >= 4 is 18.1 Å². The maximum Gasteiger partial charge on any atom is 0.0400 e. The Hall–Kier alpha value is -1.47. The monoisotopic (exact) mass is 233 g/mol. The highest BCUT2D eigenvalue weighted by Crippen LogP contribution is 2.14. The number of para-hydroxylation sites is 1. The van der Waals surface area contributed by atoms with E-state index < -0.39 is 0 Å². The maximum absolute atomic E-state index is 3.43. The minimum absolute atomic E-state index is 0. The van der Waals surface area contributed by atoms with Crippen LogP contribution >= 0.6 is 12.4 Å². The Morgan fingerprint density at radius 1 is 0.875 bits per heavy atom. The van der Waals surface area contributed by atoms with Gasteiger partial charge in [0, 0.05) is 12.2 Å². The first kappa shape index (κ1) is 12.6. The van der Waals surface area contributed by atoms with Crippen LogP contribution in [0, 0.1) is 6.92 Å². The molecule has 0 aliphatic heterocycles. The van der Waals surface area contributed by atoms with Gasteiger partial charge in [0.15, 0.2) is 0 Å². The Kier molecular flexibility index (Phi) is 4.87. The Bertz CT molecular complexity index is 426. The molecule has 1 nitrogen and oxygen atoms in total. The van der Waals surface area contributed by atoms with E-state index in [-0.39, 0.29) is 12.4 Å². The van der Waals surface area contributed by atoms with Crippen molar-refractivity contribution in [2.45, 2.75) is 13.5 Å². The molecule has 0 radical (unpaired) electrons. The van der Waals surface area contributed by atoms with Gasteiger partial charge in [-0.1, -0.05) is 48.5 Å². The predicted octanol–water partition coefficient (Wildman–Crippen LogP) is 4.03. The van der Waals surface area contributed by atoms with Crippen LogP contribution in [0.15, 0.2) is 54.6 Å². The lowest BCUT2D eigenvalue weighted by Crippen LogP contribution is -2.00. The minimum Gasteiger partial charge on any atom is -0.381 e. The molecular formula is C14H16ClN. The lowest BCUT2D eigenvalue weighted by Gasteiger charge is -2.08. The van der Waals surface area contributed by atoms with E-state index in [9.17, 15) is 0 Å². The van der Waals surface area contributed by atoms with Crippen LogP contribution in [0.2, 0.25) is 0 Å². The van der Waals surface area contributed by atoms with Gasteiger partial charge in [-0.2, -0.15) is 0 Å². The largest absolute Gasteiger partial charge is 0.381 e. The number of nitrogens with one attached hydrogen (secondary N) is 1. The number of hydrogen-bond donors (Lipinski definition) is 1. The molecule has 84 valence electrons. The molecule has 0 aliphatic carbocycles. The van der Waals surface area contributed by atoms with Crippen molar-refractivity contribution in [1.29, 1.82) is 0 Å². The van der Waals surface area contributed by atoms with Gasteiger partial charge in [0.1, 0.15) is 0 Å². The number of anilines is 1. The second kappa shape index (κ2) is 6.19.